The summed E-state index contributed by atoms with van der Waals surface area (Å²) in [7, 11) is 0. The van der Waals surface area contributed by atoms with E-state index in [0.717, 1.165) is 0 Å². The molecule has 0 saturated heterocycles. The molecule has 0 aromatic heterocycles. The van der Waals surface area contributed by atoms with Crippen LogP contribution in [0.1, 0.15) is 29.9 Å². The zero-order valence-electron chi connectivity index (χ0n) is 6.08. The highest BCUT2D eigenvalue weighted by molar-refractivity contribution is 4.32. The van der Waals surface area contributed by atoms with Crippen LogP contribution in [-0.4, -0.2) is 0 Å². The van der Waals surface area contributed by atoms with Crippen molar-refractivity contribution in [3.05, 3.63) is 0 Å². The minimum absolute atomic E-state index is 0.132. The first-order valence-corrected chi connectivity index (χ1v) is 1.94. The number of rotatable bonds is 1. The van der Waals surface area contributed by atoms with Gasteiger partial charge in [-0.15, -0.1) is 0 Å². The number of hydrogen-bond acceptors (Lipinski definition) is 0. The lowest BCUT2D eigenvalue weighted by Gasteiger charge is -1.90. The zero-order chi connectivity index (χ0) is 6.08. The van der Waals surface area contributed by atoms with E-state index in [1.807, 2.05) is 13.8 Å². The molecule has 0 heterocycles. The van der Waals surface area contributed by atoms with Crippen LogP contribution < -0.4 is 0 Å². The number of hydrogen-bond donors (Lipinski definition) is 0. The fourth-order valence-electron chi connectivity index (χ4n) is 0. The molecule has 0 saturated carbocycles. The first-order chi connectivity index (χ1) is 2.94. The summed E-state index contributed by atoms with van der Waals surface area (Å²) in [6.45, 7) is 5.34. The summed E-state index contributed by atoms with van der Waals surface area (Å²) in [6, 6.07) is 0. The Hall–Kier alpha value is 0. The quantitative estimate of drug-likeness (QED) is 0.446. The molecule has 0 bridgehead atoms. The Morgan fingerprint density at radius 2 is 2.00 bits per heavy atom. The summed E-state index contributed by atoms with van der Waals surface area (Å²) in [5.41, 5.74) is 0. The molecule has 0 nitrogen and oxygen atoms in total. The van der Waals surface area contributed by atoms with Crippen molar-refractivity contribution in [2.45, 2.75) is 27.1 Å². The molecule has 5 heavy (non-hydrogen) atoms. The first-order valence-electron chi connectivity index (χ1n) is 2.94. The summed E-state index contributed by atoms with van der Waals surface area (Å²) in [4.78, 5) is 0. The van der Waals surface area contributed by atoms with Crippen LogP contribution in [0.5, 0.6) is 0 Å². The maximum absolute atomic E-state index is 7.05. The molecular formula is C5H12. The third-order valence-electron chi connectivity index (χ3n) is 0.577. The van der Waals surface area contributed by atoms with Gasteiger partial charge in [0.25, 0.3) is 0 Å². The standard InChI is InChI=1S/C5H12/c1-4-5(2)3/h5H,4H2,1-3H3/i4D2. The minimum Gasteiger partial charge on any atom is -0.0651 e. The molecule has 0 amide bonds. The Morgan fingerprint density at radius 3 is 2.00 bits per heavy atom. The molecule has 0 unspecified atom stereocenters. The molecule has 0 aromatic carbocycles. The predicted molar refractivity (Wildman–Crippen MR) is 25.1 cm³/mol. The van der Waals surface area contributed by atoms with Crippen LogP contribution in [-0.2, 0) is 0 Å². The van der Waals surface area contributed by atoms with Crippen molar-refractivity contribution in [1.29, 1.82) is 0 Å². The SMILES string of the molecule is [2H]C([2H])(C)C(C)C. The molecule has 0 rings (SSSR count). The van der Waals surface area contributed by atoms with Crippen molar-refractivity contribution in [2.75, 3.05) is 0 Å². The zero-order valence-corrected chi connectivity index (χ0v) is 4.08. The normalized spacial score (nSPS) is 18.4. The highest BCUT2D eigenvalue weighted by Crippen LogP contribution is 1.93. The van der Waals surface area contributed by atoms with Crippen molar-refractivity contribution in [1.82, 2.24) is 0 Å². The molecule has 0 atom stereocenters. The van der Waals surface area contributed by atoms with Crippen molar-refractivity contribution < 1.29 is 2.74 Å². The van der Waals surface area contributed by atoms with E-state index in [1.165, 1.54) is 0 Å². The summed E-state index contributed by atoms with van der Waals surface area (Å²) in [5.74, 6) is 0.132. The van der Waals surface area contributed by atoms with Crippen molar-refractivity contribution >= 4 is 0 Å². The monoisotopic (exact) mass is 74.1 g/mol. The van der Waals surface area contributed by atoms with E-state index in [0.29, 0.717) is 0 Å². The lowest BCUT2D eigenvalue weighted by Crippen LogP contribution is -1.77. The Bertz CT molecular complexity index is 51.6. The molecule has 0 aromatic rings. The largest absolute Gasteiger partial charge is 0.0651 e. The van der Waals surface area contributed by atoms with Crippen LogP contribution in [0.4, 0.5) is 0 Å². The van der Waals surface area contributed by atoms with E-state index in [1.54, 1.807) is 6.92 Å². The Labute approximate surface area is 37.0 Å². The molecule has 0 heteroatoms. The predicted octanol–water partition coefficient (Wildman–Crippen LogP) is 2.05. The van der Waals surface area contributed by atoms with Gasteiger partial charge in [-0.2, -0.15) is 0 Å². The maximum Gasteiger partial charge on any atom is 0.0266 e. The first kappa shape index (κ1) is 2.22. The second-order valence-corrected chi connectivity index (χ2v) is 1.44. The van der Waals surface area contributed by atoms with Gasteiger partial charge in [0, 0.05) is 2.74 Å². The van der Waals surface area contributed by atoms with Crippen molar-refractivity contribution in [2.24, 2.45) is 5.92 Å². The van der Waals surface area contributed by atoms with Crippen LogP contribution in [0.3, 0.4) is 0 Å². The van der Waals surface area contributed by atoms with Gasteiger partial charge in [-0.05, 0) is 5.92 Å². The van der Waals surface area contributed by atoms with E-state index >= 15 is 0 Å². The van der Waals surface area contributed by atoms with Gasteiger partial charge in [0.1, 0.15) is 0 Å². The third kappa shape index (κ3) is 4.00. The van der Waals surface area contributed by atoms with Gasteiger partial charge in [0.05, 0.1) is 0 Å². The molecule has 0 aliphatic carbocycles. The van der Waals surface area contributed by atoms with Crippen molar-refractivity contribution in [3.8, 4) is 0 Å². The smallest absolute Gasteiger partial charge is 0.0266 e. The molecule has 0 spiro atoms. The third-order valence-corrected chi connectivity index (χ3v) is 0.577. The topological polar surface area (TPSA) is 0 Å². The summed E-state index contributed by atoms with van der Waals surface area (Å²) in [5, 5.41) is 0. The summed E-state index contributed by atoms with van der Waals surface area (Å²) >= 11 is 0. The lowest BCUT2D eigenvalue weighted by atomic mass is 10.2. The van der Waals surface area contributed by atoms with E-state index in [2.05, 4.69) is 0 Å². The fourth-order valence-corrected chi connectivity index (χ4v) is 0. The van der Waals surface area contributed by atoms with E-state index < -0.39 is 6.37 Å². The van der Waals surface area contributed by atoms with Crippen molar-refractivity contribution in [3.63, 3.8) is 0 Å². The Morgan fingerprint density at radius 1 is 1.80 bits per heavy atom. The van der Waals surface area contributed by atoms with Crippen LogP contribution in [0.15, 0.2) is 0 Å². The van der Waals surface area contributed by atoms with Gasteiger partial charge in [-0.1, -0.05) is 27.1 Å². The van der Waals surface area contributed by atoms with Crippen LogP contribution in [0, 0.1) is 5.92 Å². The summed E-state index contributed by atoms with van der Waals surface area (Å²) < 4.78 is 14.1. The van der Waals surface area contributed by atoms with Crippen LogP contribution in [0.2, 0.25) is 0 Å². The highest BCUT2D eigenvalue weighted by Gasteiger charge is 1.80. The van der Waals surface area contributed by atoms with Gasteiger partial charge in [0.15, 0.2) is 0 Å². The second kappa shape index (κ2) is 2.25. The fraction of sp³-hybridized carbons (Fsp3) is 1.00. The average Bonchev–Trinajstić information content (AvgIpc) is 1.31. The van der Waals surface area contributed by atoms with E-state index in [-0.39, 0.29) is 5.92 Å². The Balaban J connectivity index is 3.54. The van der Waals surface area contributed by atoms with Gasteiger partial charge in [-0.25, -0.2) is 0 Å². The Kier molecular flexibility index (Phi) is 1.00. The molecule has 0 aliphatic rings. The molecule has 32 valence electrons. The summed E-state index contributed by atoms with van der Waals surface area (Å²) in [6.07, 6.45) is -1.00. The average molecular weight is 74.2 g/mol. The van der Waals surface area contributed by atoms with E-state index in [4.69, 9.17) is 2.74 Å². The van der Waals surface area contributed by atoms with Gasteiger partial charge in [0.2, 0.25) is 0 Å². The molecule has 0 aliphatic heterocycles. The van der Waals surface area contributed by atoms with Gasteiger partial charge < -0.3 is 0 Å². The second-order valence-electron chi connectivity index (χ2n) is 1.44. The molecule has 0 fully saturated rings. The highest BCUT2D eigenvalue weighted by atomic mass is 13.9. The van der Waals surface area contributed by atoms with Crippen LogP contribution >= 0.6 is 0 Å². The van der Waals surface area contributed by atoms with Crippen LogP contribution in [0.25, 0.3) is 0 Å². The van der Waals surface area contributed by atoms with E-state index in [9.17, 15) is 0 Å². The maximum atomic E-state index is 7.05. The molecule has 0 N–H and O–H groups in total. The molecule has 0 radical (unpaired) electrons. The minimum atomic E-state index is -1.00. The van der Waals surface area contributed by atoms with Gasteiger partial charge >= 0.3 is 0 Å². The lowest BCUT2D eigenvalue weighted by molar-refractivity contribution is 0.626. The van der Waals surface area contributed by atoms with Gasteiger partial charge in [-0.3, -0.25) is 0 Å². The molecular weight excluding hydrogens is 60.1 g/mol.